The van der Waals surface area contributed by atoms with Crippen LogP contribution in [0.25, 0.3) is 0 Å². The molecule has 0 fully saturated rings. The van der Waals surface area contributed by atoms with Crippen molar-refractivity contribution in [3.63, 3.8) is 0 Å². The van der Waals surface area contributed by atoms with Gasteiger partial charge in [0.05, 0.1) is 18.0 Å². The fraction of sp³-hybridized carbons (Fsp3) is 0.259. The molecular weight excluding hydrogens is 432 g/mol. The highest BCUT2D eigenvalue weighted by Gasteiger charge is 2.39. The number of benzene rings is 3. The first kappa shape index (κ1) is 21.7. The largest absolute Gasteiger partial charge is 0.496 e. The van der Waals surface area contributed by atoms with E-state index in [-0.39, 0.29) is 12.0 Å². The molecule has 3 unspecified atom stereocenters. The van der Waals surface area contributed by atoms with Gasteiger partial charge in [-0.25, -0.2) is 8.42 Å². The maximum atomic E-state index is 13.4. The highest BCUT2D eigenvalue weighted by Crippen LogP contribution is 2.51. The predicted molar refractivity (Wildman–Crippen MR) is 131 cm³/mol. The summed E-state index contributed by atoms with van der Waals surface area (Å²) in [7, 11) is -0.282. The smallest absolute Gasteiger partial charge is 0.243 e. The van der Waals surface area contributed by atoms with Gasteiger partial charge in [0.25, 0.3) is 0 Å². The number of fused-ring (bicyclic) bond motifs is 3. The standard InChI is InChI=1S/C27H28N2O3S/c1-29(18-19-9-4-3-5-10-19)33(30,31)20-15-16-25-24(17-20)21-12-8-13-22(21)27(28-25)23-11-6-7-14-26(23)32-2/h3-12,14-17,21-22,27-28H,13,18H2,1-2H3. The summed E-state index contributed by atoms with van der Waals surface area (Å²) in [5, 5.41) is 3.68. The summed E-state index contributed by atoms with van der Waals surface area (Å²) < 4.78 is 33.8. The lowest BCUT2D eigenvalue weighted by Crippen LogP contribution is -2.30. The van der Waals surface area contributed by atoms with Crippen LogP contribution in [0, 0.1) is 5.92 Å². The zero-order valence-corrected chi connectivity index (χ0v) is 19.6. The van der Waals surface area contributed by atoms with Crippen molar-refractivity contribution in [3.8, 4) is 5.75 Å². The third-order valence-electron chi connectivity index (χ3n) is 6.76. The number of ether oxygens (including phenoxy) is 1. The fourth-order valence-corrected chi connectivity index (χ4v) is 6.26. The molecule has 5 rings (SSSR count). The normalized spacial score (nSPS) is 21.4. The first-order chi connectivity index (χ1) is 16.0. The van der Waals surface area contributed by atoms with Gasteiger partial charge in [-0.15, -0.1) is 0 Å². The van der Waals surface area contributed by atoms with E-state index in [0.717, 1.165) is 34.5 Å². The molecule has 0 saturated carbocycles. The van der Waals surface area contributed by atoms with Crippen molar-refractivity contribution in [2.45, 2.75) is 29.8 Å². The summed E-state index contributed by atoms with van der Waals surface area (Å²) in [6.07, 6.45) is 5.36. The zero-order valence-electron chi connectivity index (χ0n) is 18.8. The molecule has 5 nitrogen and oxygen atoms in total. The van der Waals surface area contributed by atoms with Gasteiger partial charge in [-0.2, -0.15) is 4.31 Å². The minimum absolute atomic E-state index is 0.0943. The molecule has 0 aromatic heterocycles. The first-order valence-corrected chi connectivity index (χ1v) is 12.6. The first-order valence-electron chi connectivity index (χ1n) is 11.2. The van der Waals surface area contributed by atoms with Gasteiger partial charge in [-0.05, 0) is 47.7 Å². The highest BCUT2D eigenvalue weighted by molar-refractivity contribution is 7.89. The molecule has 0 spiro atoms. The van der Waals surface area contributed by atoms with Gasteiger partial charge in [0.1, 0.15) is 5.75 Å². The molecule has 0 amide bonds. The summed E-state index contributed by atoms with van der Waals surface area (Å²) in [6.45, 7) is 0.334. The van der Waals surface area contributed by atoms with Gasteiger partial charge in [-0.3, -0.25) is 0 Å². The van der Waals surface area contributed by atoms with E-state index < -0.39 is 10.0 Å². The minimum Gasteiger partial charge on any atom is -0.496 e. The van der Waals surface area contributed by atoms with Crippen LogP contribution in [0.2, 0.25) is 0 Å². The summed E-state index contributed by atoms with van der Waals surface area (Å²) >= 11 is 0. The quantitative estimate of drug-likeness (QED) is 0.504. The van der Waals surface area contributed by atoms with Crippen LogP contribution in [0.5, 0.6) is 5.75 Å². The molecule has 2 aliphatic rings. The molecule has 1 aliphatic heterocycles. The molecule has 6 heteroatoms. The van der Waals surface area contributed by atoms with Crippen LogP contribution in [-0.4, -0.2) is 26.9 Å². The van der Waals surface area contributed by atoms with E-state index in [0.29, 0.717) is 17.4 Å². The van der Waals surface area contributed by atoms with Crippen molar-refractivity contribution in [2.75, 3.05) is 19.5 Å². The summed E-state index contributed by atoms with van der Waals surface area (Å²) in [4.78, 5) is 0.330. The Morgan fingerprint density at radius 3 is 2.55 bits per heavy atom. The third-order valence-corrected chi connectivity index (χ3v) is 8.56. The molecule has 170 valence electrons. The van der Waals surface area contributed by atoms with Crippen LogP contribution in [0.4, 0.5) is 5.69 Å². The van der Waals surface area contributed by atoms with E-state index in [1.165, 1.54) is 4.31 Å². The van der Waals surface area contributed by atoms with Crippen molar-refractivity contribution in [1.29, 1.82) is 0 Å². The lowest BCUT2D eigenvalue weighted by molar-refractivity contribution is 0.381. The molecule has 3 atom stereocenters. The van der Waals surface area contributed by atoms with Crippen molar-refractivity contribution in [3.05, 3.63) is 102 Å². The van der Waals surface area contributed by atoms with Crippen LogP contribution in [0.3, 0.4) is 0 Å². The van der Waals surface area contributed by atoms with Crippen LogP contribution in [0.15, 0.2) is 89.8 Å². The SMILES string of the molecule is COc1ccccc1C1Nc2ccc(S(=O)(=O)N(C)Cc3ccccc3)cc2C2C=CCC21. The van der Waals surface area contributed by atoms with E-state index >= 15 is 0 Å². The number of allylic oxidation sites excluding steroid dienone is 2. The van der Waals surface area contributed by atoms with Crippen LogP contribution in [0.1, 0.15) is 35.1 Å². The lowest BCUT2D eigenvalue weighted by Gasteiger charge is -2.38. The summed E-state index contributed by atoms with van der Waals surface area (Å²) in [5.74, 6) is 1.32. The Kier molecular flexibility index (Phi) is 5.72. The molecule has 0 bridgehead atoms. The van der Waals surface area contributed by atoms with Gasteiger partial charge in [0.2, 0.25) is 10.0 Å². The van der Waals surface area contributed by atoms with Gasteiger partial charge in [-0.1, -0.05) is 60.7 Å². The number of hydrogen-bond acceptors (Lipinski definition) is 4. The molecule has 0 saturated heterocycles. The summed E-state index contributed by atoms with van der Waals surface area (Å²) in [5.41, 5.74) is 4.10. The number of anilines is 1. The monoisotopic (exact) mass is 460 g/mol. The van der Waals surface area contributed by atoms with Gasteiger partial charge >= 0.3 is 0 Å². The average molecular weight is 461 g/mol. The maximum Gasteiger partial charge on any atom is 0.243 e. The second kappa shape index (κ2) is 8.69. The molecule has 1 aliphatic carbocycles. The molecule has 1 N–H and O–H groups in total. The Hall–Kier alpha value is -3.09. The third kappa shape index (κ3) is 3.94. The number of nitrogens with one attached hydrogen (secondary N) is 1. The lowest BCUT2D eigenvalue weighted by atomic mass is 9.77. The second-order valence-corrected chi connectivity index (χ2v) is 10.8. The van der Waals surface area contributed by atoms with Crippen molar-refractivity contribution >= 4 is 15.7 Å². The van der Waals surface area contributed by atoms with Crippen LogP contribution >= 0.6 is 0 Å². The fourth-order valence-electron chi connectivity index (χ4n) is 5.07. The number of methoxy groups -OCH3 is 1. The summed E-state index contributed by atoms with van der Waals surface area (Å²) in [6, 6.07) is 23.3. The Morgan fingerprint density at radius 2 is 1.76 bits per heavy atom. The van der Waals surface area contributed by atoms with E-state index in [1.54, 1.807) is 20.2 Å². The van der Waals surface area contributed by atoms with Gasteiger partial charge < -0.3 is 10.1 Å². The Bertz CT molecular complexity index is 1290. The molecule has 3 aromatic carbocycles. The van der Waals surface area contributed by atoms with Gasteiger partial charge in [0, 0.05) is 30.8 Å². The van der Waals surface area contributed by atoms with E-state index in [2.05, 4.69) is 23.5 Å². The Balaban J connectivity index is 1.48. The number of nitrogens with zero attached hydrogens (tertiary/aromatic N) is 1. The second-order valence-electron chi connectivity index (χ2n) is 8.71. The molecule has 3 aromatic rings. The van der Waals surface area contributed by atoms with Crippen LogP contribution < -0.4 is 10.1 Å². The molecule has 0 radical (unpaired) electrons. The van der Waals surface area contributed by atoms with E-state index in [9.17, 15) is 8.42 Å². The Morgan fingerprint density at radius 1 is 1.00 bits per heavy atom. The topological polar surface area (TPSA) is 58.6 Å². The van der Waals surface area contributed by atoms with E-state index in [1.807, 2.05) is 60.7 Å². The number of rotatable bonds is 6. The average Bonchev–Trinajstić information content (AvgIpc) is 3.34. The molecule has 1 heterocycles. The van der Waals surface area contributed by atoms with Crippen LogP contribution in [-0.2, 0) is 16.6 Å². The molecular formula is C27H28N2O3S. The maximum absolute atomic E-state index is 13.4. The van der Waals surface area contributed by atoms with Crippen molar-refractivity contribution < 1.29 is 13.2 Å². The predicted octanol–water partition coefficient (Wildman–Crippen LogP) is 5.34. The minimum atomic E-state index is -3.61. The zero-order chi connectivity index (χ0) is 23.0. The number of hydrogen-bond donors (Lipinski definition) is 1. The number of para-hydroxylation sites is 1. The van der Waals surface area contributed by atoms with E-state index in [4.69, 9.17) is 4.74 Å². The molecule has 33 heavy (non-hydrogen) atoms. The Labute approximate surface area is 195 Å². The van der Waals surface area contributed by atoms with Gasteiger partial charge in [0.15, 0.2) is 0 Å². The van der Waals surface area contributed by atoms with Crippen molar-refractivity contribution in [1.82, 2.24) is 4.31 Å². The van der Waals surface area contributed by atoms with Crippen molar-refractivity contribution in [2.24, 2.45) is 5.92 Å². The highest BCUT2D eigenvalue weighted by atomic mass is 32.2. The number of sulfonamides is 1.